The zero-order chi connectivity index (χ0) is 30.9. The molecule has 2 aromatic rings. The third-order valence-electron chi connectivity index (χ3n) is 6.33. The topological polar surface area (TPSA) is 136 Å². The quantitative estimate of drug-likeness (QED) is 0.246. The molecule has 0 aromatic carbocycles. The number of nitriles is 1. The maximum absolute atomic E-state index is 13.8. The molecule has 3 rings (SSSR count). The molecule has 16 heteroatoms. The Labute approximate surface area is 243 Å². The average molecular weight is 612 g/mol. The van der Waals surface area contributed by atoms with Gasteiger partial charge < -0.3 is 24.0 Å². The predicted molar refractivity (Wildman–Crippen MR) is 149 cm³/mol. The van der Waals surface area contributed by atoms with Gasteiger partial charge in [-0.2, -0.15) is 23.5 Å². The van der Waals surface area contributed by atoms with Crippen molar-refractivity contribution in [3.8, 4) is 11.8 Å². The van der Waals surface area contributed by atoms with Crippen LogP contribution >= 0.6 is 0 Å². The highest BCUT2D eigenvalue weighted by Gasteiger charge is 2.39. The van der Waals surface area contributed by atoms with E-state index in [4.69, 9.17) is 19.5 Å². The Balaban J connectivity index is 1.44. The van der Waals surface area contributed by atoms with E-state index in [0.29, 0.717) is 49.0 Å². The first-order valence-corrected chi connectivity index (χ1v) is 17.2. The molecule has 1 aliphatic rings. The summed E-state index contributed by atoms with van der Waals surface area (Å²) in [6, 6.07) is 2.76. The van der Waals surface area contributed by atoms with Crippen LogP contribution in [0.5, 0.6) is 5.75 Å². The monoisotopic (exact) mass is 611 g/mol. The Hall–Kier alpha value is -3.55. The van der Waals surface area contributed by atoms with Gasteiger partial charge in [0.05, 0.1) is 43.8 Å². The standard InChI is InChI=1S/C26H36F3N7O5Si/c1-19(41-21-16-33-36(18-40-11-12-42(2,3)4)24(38)23(21)26(27,28)29)17-39-10-5-22(37)34-6-8-35(9-7-34)25-31-14-20(13-30)15-32-25/h14-16,19H,5-12,17-18H2,1-4H3/t19-/m0/s1. The van der Waals surface area contributed by atoms with Crippen LogP contribution in [0.15, 0.2) is 23.4 Å². The molecule has 0 aliphatic carbocycles. The van der Waals surface area contributed by atoms with E-state index in [1.807, 2.05) is 11.0 Å². The van der Waals surface area contributed by atoms with Gasteiger partial charge >= 0.3 is 6.18 Å². The van der Waals surface area contributed by atoms with Crippen molar-refractivity contribution in [2.45, 2.75) is 58.0 Å². The molecule has 0 N–H and O–H groups in total. The number of ether oxygens (including phenoxy) is 3. The predicted octanol–water partition coefficient (Wildman–Crippen LogP) is 2.76. The molecule has 1 fully saturated rings. The van der Waals surface area contributed by atoms with Gasteiger partial charge in [-0.15, -0.1) is 0 Å². The number of anilines is 1. The molecule has 1 saturated heterocycles. The smallest absolute Gasteiger partial charge is 0.425 e. The number of hydrogen-bond donors (Lipinski definition) is 0. The van der Waals surface area contributed by atoms with E-state index < -0.39 is 44.0 Å². The van der Waals surface area contributed by atoms with Crippen LogP contribution in [0, 0.1) is 11.3 Å². The second kappa shape index (κ2) is 14.6. The minimum atomic E-state index is -4.96. The molecule has 12 nitrogen and oxygen atoms in total. The zero-order valence-electron chi connectivity index (χ0n) is 24.2. The fourth-order valence-corrected chi connectivity index (χ4v) is 4.72. The normalized spacial score (nSPS) is 14.9. The first-order chi connectivity index (χ1) is 19.8. The van der Waals surface area contributed by atoms with Gasteiger partial charge in [-0.05, 0) is 13.0 Å². The Morgan fingerprint density at radius 1 is 1.10 bits per heavy atom. The Morgan fingerprint density at radius 3 is 2.36 bits per heavy atom. The number of piperazine rings is 1. The van der Waals surface area contributed by atoms with Crippen LogP contribution in [0.3, 0.4) is 0 Å². The Kier molecular flexibility index (Phi) is 11.4. The number of hydrogen-bond acceptors (Lipinski definition) is 10. The number of amides is 1. The van der Waals surface area contributed by atoms with E-state index in [1.54, 1.807) is 4.90 Å². The van der Waals surface area contributed by atoms with Crippen molar-refractivity contribution < 1.29 is 32.2 Å². The minimum absolute atomic E-state index is 0.0478. The first-order valence-electron chi connectivity index (χ1n) is 13.5. The maximum atomic E-state index is 13.8. The third kappa shape index (κ3) is 9.77. The van der Waals surface area contributed by atoms with Crippen molar-refractivity contribution in [3.63, 3.8) is 0 Å². The lowest BCUT2D eigenvalue weighted by molar-refractivity contribution is -0.141. The van der Waals surface area contributed by atoms with E-state index in [9.17, 15) is 22.8 Å². The molecular weight excluding hydrogens is 575 g/mol. The van der Waals surface area contributed by atoms with Crippen LogP contribution in [0.2, 0.25) is 25.7 Å². The van der Waals surface area contributed by atoms with Crippen LogP contribution in [-0.2, 0) is 27.2 Å². The van der Waals surface area contributed by atoms with E-state index in [2.05, 4.69) is 34.7 Å². The lowest BCUT2D eigenvalue weighted by atomic mass is 10.2. The number of nitrogens with zero attached hydrogens (tertiary/aromatic N) is 7. The van der Waals surface area contributed by atoms with Gasteiger partial charge in [0.15, 0.2) is 11.3 Å². The number of halogens is 3. The van der Waals surface area contributed by atoms with Gasteiger partial charge in [0.25, 0.3) is 5.56 Å². The molecule has 1 amide bonds. The number of alkyl halides is 3. The second-order valence-corrected chi connectivity index (χ2v) is 16.7. The Bertz CT molecular complexity index is 1290. The number of rotatable bonds is 13. The molecule has 230 valence electrons. The molecule has 0 spiro atoms. The molecule has 3 heterocycles. The first kappa shape index (κ1) is 33.0. The van der Waals surface area contributed by atoms with Crippen molar-refractivity contribution in [1.82, 2.24) is 24.6 Å². The fourth-order valence-electron chi connectivity index (χ4n) is 3.96. The molecule has 0 unspecified atom stereocenters. The van der Waals surface area contributed by atoms with Crippen LogP contribution < -0.4 is 15.2 Å². The van der Waals surface area contributed by atoms with Crippen LogP contribution in [0.1, 0.15) is 24.5 Å². The largest absolute Gasteiger partial charge is 0.486 e. The molecule has 1 atom stereocenters. The van der Waals surface area contributed by atoms with Crippen LogP contribution in [0.4, 0.5) is 19.1 Å². The lowest BCUT2D eigenvalue weighted by Crippen LogP contribution is -2.49. The lowest BCUT2D eigenvalue weighted by Gasteiger charge is -2.34. The minimum Gasteiger partial charge on any atom is -0.486 e. The number of aromatic nitrogens is 4. The van der Waals surface area contributed by atoms with Crippen molar-refractivity contribution in [3.05, 3.63) is 40.1 Å². The van der Waals surface area contributed by atoms with Crippen molar-refractivity contribution >= 4 is 19.9 Å². The third-order valence-corrected chi connectivity index (χ3v) is 8.03. The summed E-state index contributed by atoms with van der Waals surface area (Å²) in [7, 11) is -1.40. The molecule has 2 aromatic heterocycles. The summed E-state index contributed by atoms with van der Waals surface area (Å²) in [5.41, 5.74) is -2.44. The molecule has 0 radical (unpaired) electrons. The van der Waals surface area contributed by atoms with Gasteiger partial charge in [0.2, 0.25) is 11.9 Å². The summed E-state index contributed by atoms with van der Waals surface area (Å²) >= 11 is 0. The molecule has 0 bridgehead atoms. The number of carbonyl (C=O) groups excluding carboxylic acids is 1. The summed E-state index contributed by atoms with van der Waals surface area (Å²) in [4.78, 5) is 37.1. The molecule has 42 heavy (non-hydrogen) atoms. The van der Waals surface area contributed by atoms with Crippen molar-refractivity contribution in [1.29, 1.82) is 5.26 Å². The summed E-state index contributed by atoms with van der Waals surface area (Å²) in [5.74, 6) is -0.323. The second-order valence-electron chi connectivity index (χ2n) is 11.0. The van der Waals surface area contributed by atoms with Gasteiger partial charge in [-0.25, -0.2) is 14.6 Å². The highest BCUT2D eigenvalue weighted by Crippen LogP contribution is 2.33. The van der Waals surface area contributed by atoms with Crippen LogP contribution in [0.25, 0.3) is 0 Å². The highest BCUT2D eigenvalue weighted by molar-refractivity contribution is 6.76. The summed E-state index contributed by atoms with van der Waals surface area (Å²) in [6.07, 6.45) is -1.97. The van der Waals surface area contributed by atoms with E-state index in [1.165, 1.54) is 19.3 Å². The van der Waals surface area contributed by atoms with Gasteiger partial charge in [0.1, 0.15) is 18.9 Å². The molecule has 1 aliphatic heterocycles. The van der Waals surface area contributed by atoms with Gasteiger partial charge in [0, 0.05) is 40.9 Å². The SMILES string of the molecule is C[C@@H](COCCC(=O)N1CCN(c2ncc(C#N)cn2)CC1)Oc1cnn(COCC[Si](C)(C)C)c(=O)c1C(F)(F)F. The molecule has 0 saturated carbocycles. The van der Waals surface area contributed by atoms with Crippen molar-refractivity contribution in [2.75, 3.05) is 50.9 Å². The van der Waals surface area contributed by atoms with E-state index in [0.717, 1.165) is 12.2 Å². The van der Waals surface area contributed by atoms with E-state index in [-0.39, 0.29) is 25.5 Å². The number of carbonyl (C=O) groups is 1. The maximum Gasteiger partial charge on any atom is 0.425 e. The summed E-state index contributed by atoms with van der Waals surface area (Å²) in [6.45, 7) is 9.77. The average Bonchev–Trinajstić information content (AvgIpc) is 2.93. The zero-order valence-corrected chi connectivity index (χ0v) is 25.2. The highest BCUT2D eigenvalue weighted by atomic mass is 28.3. The molecular formula is C26H36F3N7O5Si. The van der Waals surface area contributed by atoms with Crippen molar-refractivity contribution in [2.24, 2.45) is 0 Å². The summed E-state index contributed by atoms with van der Waals surface area (Å²) < 4.78 is 58.2. The fraction of sp³-hybridized carbons (Fsp3) is 0.615. The Morgan fingerprint density at radius 2 is 1.76 bits per heavy atom. The van der Waals surface area contributed by atoms with Gasteiger partial charge in [-0.1, -0.05) is 19.6 Å². The van der Waals surface area contributed by atoms with E-state index >= 15 is 0 Å². The van der Waals surface area contributed by atoms with Crippen LogP contribution in [-0.4, -0.2) is 90.7 Å². The van der Waals surface area contributed by atoms with Gasteiger partial charge in [-0.3, -0.25) is 9.59 Å². The summed E-state index contributed by atoms with van der Waals surface area (Å²) in [5, 5.41) is 12.7.